The summed E-state index contributed by atoms with van der Waals surface area (Å²) < 4.78 is 2.46. The summed E-state index contributed by atoms with van der Waals surface area (Å²) >= 11 is 0. The van der Waals surface area contributed by atoms with Gasteiger partial charge in [0.1, 0.15) is 0 Å². The van der Waals surface area contributed by atoms with Crippen LogP contribution in [0.2, 0.25) is 0 Å². The van der Waals surface area contributed by atoms with Crippen LogP contribution in [0.15, 0.2) is 188 Å². The van der Waals surface area contributed by atoms with Gasteiger partial charge in [-0.3, -0.25) is 0 Å². The minimum Gasteiger partial charge on any atom is -0.309 e. The predicted molar refractivity (Wildman–Crippen MR) is 236 cm³/mol. The predicted octanol–water partition coefficient (Wildman–Crippen LogP) is 13.3. The third kappa shape index (κ3) is 4.91. The van der Waals surface area contributed by atoms with E-state index in [1.54, 1.807) is 0 Å². The fourth-order valence-corrected chi connectivity index (χ4v) is 8.99. The highest BCUT2D eigenvalue weighted by atomic mass is 15.0. The zero-order valence-electron chi connectivity index (χ0n) is 30.8. The average molecular weight is 725 g/mol. The van der Waals surface area contributed by atoms with Gasteiger partial charge >= 0.3 is 0 Å². The molecule has 1 aliphatic rings. The maximum atomic E-state index is 5.21. The molecule has 264 valence electrons. The lowest BCUT2D eigenvalue weighted by Crippen LogP contribution is -2.02. The van der Waals surface area contributed by atoms with Crippen molar-refractivity contribution in [2.45, 2.75) is 0 Å². The third-order valence-corrected chi connectivity index (χ3v) is 11.6. The SMILES string of the molecule is C1=C(c2ccccc2)c2cccc3ccc4c(c23)c2c1cccc2n4-c1ccc(-c2nc(-c3ccccc3)nc(-c3ccc4ccccc4c3)n2)c2ccccc12. The Kier molecular flexibility index (Phi) is 6.89. The van der Waals surface area contributed by atoms with Crippen LogP contribution in [0.25, 0.3) is 106 Å². The number of hydrogen-bond acceptors (Lipinski definition) is 3. The van der Waals surface area contributed by atoms with Crippen LogP contribution < -0.4 is 0 Å². The molecule has 0 bridgehead atoms. The van der Waals surface area contributed by atoms with Gasteiger partial charge in [0.15, 0.2) is 17.5 Å². The molecule has 0 saturated heterocycles. The maximum absolute atomic E-state index is 5.21. The summed E-state index contributed by atoms with van der Waals surface area (Å²) in [7, 11) is 0. The van der Waals surface area contributed by atoms with Crippen LogP contribution in [-0.2, 0) is 0 Å². The third-order valence-electron chi connectivity index (χ3n) is 11.6. The molecule has 2 heterocycles. The number of rotatable bonds is 5. The molecule has 2 aromatic heterocycles. The molecular formula is C53H32N4. The van der Waals surface area contributed by atoms with Crippen molar-refractivity contribution in [3.8, 4) is 39.9 Å². The normalized spacial score (nSPS) is 12.3. The van der Waals surface area contributed by atoms with Crippen LogP contribution in [0.1, 0.15) is 16.7 Å². The lowest BCUT2D eigenvalue weighted by Gasteiger charge is -2.16. The monoisotopic (exact) mass is 724 g/mol. The minimum atomic E-state index is 0.642. The first-order valence-electron chi connectivity index (χ1n) is 19.4. The Hall–Kier alpha value is -7.69. The summed E-state index contributed by atoms with van der Waals surface area (Å²) in [6.45, 7) is 0. The lowest BCUT2D eigenvalue weighted by atomic mass is 9.92. The second kappa shape index (κ2) is 12.4. The van der Waals surface area contributed by atoms with Crippen molar-refractivity contribution in [2.75, 3.05) is 0 Å². The molecule has 0 fully saturated rings. The molecule has 12 rings (SSSR count). The number of nitrogens with zero attached hydrogens (tertiary/aromatic N) is 4. The molecule has 1 aliphatic carbocycles. The van der Waals surface area contributed by atoms with Crippen molar-refractivity contribution in [3.63, 3.8) is 0 Å². The van der Waals surface area contributed by atoms with Crippen LogP contribution in [0, 0.1) is 0 Å². The molecule has 4 heteroatoms. The molecule has 57 heavy (non-hydrogen) atoms. The highest BCUT2D eigenvalue weighted by Gasteiger charge is 2.24. The molecule has 0 radical (unpaired) electrons. The highest BCUT2D eigenvalue weighted by molar-refractivity contribution is 6.28. The molecule has 0 unspecified atom stereocenters. The van der Waals surface area contributed by atoms with Gasteiger partial charge in [0.2, 0.25) is 0 Å². The Balaban J connectivity index is 1.10. The first-order valence-corrected chi connectivity index (χ1v) is 19.4. The molecule has 0 N–H and O–H groups in total. The topological polar surface area (TPSA) is 43.6 Å². The molecule has 0 spiro atoms. The van der Waals surface area contributed by atoms with Gasteiger partial charge in [-0.1, -0.05) is 158 Å². The molecule has 4 nitrogen and oxygen atoms in total. The van der Waals surface area contributed by atoms with E-state index >= 15 is 0 Å². The first-order chi connectivity index (χ1) is 28.3. The smallest absolute Gasteiger partial charge is 0.164 e. The molecule has 11 aromatic rings. The Morgan fingerprint density at radius 2 is 1.00 bits per heavy atom. The summed E-state index contributed by atoms with van der Waals surface area (Å²) in [6, 6.07) is 66.9. The van der Waals surface area contributed by atoms with E-state index in [0.717, 1.165) is 38.5 Å². The van der Waals surface area contributed by atoms with Gasteiger partial charge in [-0.2, -0.15) is 0 Å². The van der Waals surface area contributed by atoms with E-state index in [2.05, 4.69) is 181 Å². The van der Waals surface area contributed by atoms with E-state index in [1.807, 2.05) is 18.2 Å². The van der Waals surface area contributed by atoms with E-state index in [0.29, 0.717) is 17.5 Å². The second-order valence-electron chi connectivity index (χ2n) is 14.8. The van der Waals surface area contributed by atoms with Crippen molar-refractivity contribution in [3.05, 3.63) is 205 Å². The van der Waals surface area contributed by atoms with Crippen LogP contribution in [0.5, 0.6) is 0 Å². The van der Waals surface area contributed by atoms with E-state index in [-0.39, 0.29) is 0 Å². The number of fused-ring (bicyclic) bond motifs is 2. The molecule has 0 aliphatic heterocycles. The van der Waals surface area contributed by atoms with E-state index in [4.69, 9.17) is 15.0 Å². The Labute approximate surface area is 328 Å². The highest BCUT2D eigenvalue weighted by Crippen LogP contribution is 2.46. The van der Waals surface area contributed by atoms with E-state index < -0.39 is 0 Å². The number of hydrogen-bond donors (Lipinski definition) is 0. The van der Waals surface area contributed by atoms with Gasteiger partial charge in [0, 0.05) is 32.8 Å². The lowest BCUT2D eigenvalue weighted by molar-refractivity contribution is 1.08. The van der Waals surface area contributed by atoms with Crippen LogP contribution in [0.3, 0.4) is 0 Å². The Morgan fingerprint density at radius 3 is 1.84 bits per heavy atom. The summed E-state index contributed by atoms with van der Waals surface area (Å²) in [4.78, 5) is 15.4. The van der Waals surface area contributed by atoms with Crippen molar-refractivity contribution in [2.24, 2.45) is 0 Å². The molecule has 9 aromatic carbocycles. The van der Waals surface area contributed by atoms with Crippen molar-refractivity contribution < 1.29 is 0 Å². The maximum Gasteiger partial charge on any atom is 0.164 e. The van der Waals surface area contributed by atoms with Gasteiger partial charge in [0.05, 0.1) is 16.7 Å². The van der Waals surface area contributed by atoms with Gasteiger partial charge in [-0.25, -0.2) is 15.0 Å². The minimum absolute atomic E-state index is 0.642. The van der Waals surface area contributed by atoms with Crippen molar-refractivity contribution in [1.82, 2.24) is 19.5 Å². The molecular weight excluding hydrogens is 693 g/mol. The zero-order chi connectivity index (χ0) is 37.5. The summed E-state index contributed by atoms with van der Waals surface area (Å²) in [5.41, 5.74) is 11.3. The summed E-state index contributed by atoms with van der Waals surface area (Å²) in [6.07, 6.45) is 2.38. The zero-order valence-corrected chi connectivity index (χ0v) is 30.8. The van der Waals surface area contributed by atoms with Crippen molar-refractivity contribution in [1.29, 1.82) is 0 Å². The summed E-state index contributed by atoms with van der Waals surface area (Å²) in [5, 5.41) is 9.62. The van der Waals surface area contributed by atoms with E-state index in [9.17, 15) is 0 Å². The molecule has 0 saturated carbocycles. The quantitative estimate of drug-likeness (QED) is 0.177. The van der Waals surface area contributed by atoms with Gasteiger partial charge in [-0.15, -0.1) is 0 Å². The second-order valence-corrected chi connectivity index (χ2v) is 14.8. The molecule has 0 amide bonds. The Bertz CT molecular complexity index is 3450. The Morgan fingerprint density at radius 1 is 0.351 bits per heavy atom. The van der Waals surface area contributed by atoms with Gasteiger partial charge < -0.3 is 4.57 Å². The van der Waals surface area contributed by atoms with Gasteiger partial charge in [-0.05, 0) is 85.6 Å². The first kappa shape index (κ1) is 31.6. The standard InChI is InChI=1S/C53H32N4/c1-3-14-34(15-4-1)44-32-38-20-12-24-46-49(38)50-47(29-27-35-19-11-23-42(44)48(35)50)57(46)45-30-28-43(40-21-9-10-22-41(40)45)53-55-51(36-16-5-2-6-17-36)54-52(56-53)39-26-25-33-13-7-8-18-37(33)31-39/h1-32H. The van der Waals surface area contributed by atoms with Crippen molar-refractivity contribution >= 4 is 65.8 Å². The molecule has 0 atom stereocenters. The fraction of sp³-hybridized carbons (Fsp3) is 0. The average Bonchev–Trinajstić information content (AvgIpc) is 3.54. The van der Waals surface area contributed by atoms with E-state index in [1.165, 1.54) is 60.2 Å². The number of aromatic nitrogens is 4. The van der Waals surface area contributed by atoms with Crippen LogP contribution in [-0.4, -0.2) is 19.5 Å². The number of benzene rings is 9. The van der Waals surface area contributed by atoms with Crippen LogP contribution in [0.4, 0.5) is 0 Å². The van der Waals surface area contributed by atoms with Crippen LogP contribution >= 0.6 is 0 Å². The largest absolute Gasteiger partial charge is 0.309 e. The van der Waals surface area contributed by atoms with Gasteiger partial charge in [0.25, 0.3) is 0 Å². The fourth-order valence-electron chi connectivity index (χ4n) is 8.99. The summed E-state index contributed by atoms with van der Waals surface area (Å²) in [5.74, 6) is 1.93.